The normalized spacial score (nSPS) is 11.6. The molecule has 0 aliphatic carbocycles. The number of ether oxygens (including phenoxy) is 5. The molecular formula is C20H41NO9Si. The molecule has 2 N–H and O–H groups in total. The summed E-state index contributed by atoms with van der Waals surface area (Å²) < 4.78 is 32.7. The van der Waals surface area contributed by atoms with Crippen LogP contribution in [0, 0.1) is 0 Å². The molecule has 0 saturated heterocycles. The molecule has 1 amide bonds. The number of aliphatic carboxylic acids is 1. The highest BCUT2D eigenvalue weighted by molar-refractivity contribution is 6.69. The zero-order chi connectivity index (χ0) is 23.2. The first-order chi connectivity index (χ1) is 14.8. The van der Waals surface area contributed by atoms with E-state index in [2.05, 4.69) is 25.0 Å². The van der Waals surface area contributed by atoms with Gasteiger partial charge in [-0.3, -0.25) is 9.59 Å². The van der Waals surface area contributed by atoms with Crippen LogP contribution in [-0.4, -0.2) is 105 Å². The van der Waals surface area contributed by atoms with Crippen molar-refractivity contribution in [2.75, 3.05) is 79.2 Å². The van der Waals surface area contributed by atoms with E-state index in [1.165, 1.54) is 0 Å². The van der Waals surface area contributed by atoms with Crippen molar-refractivity contribution in [2.24, 2.45) is 0 Å². The number of hydrogen-bond donors (Lipinski definition) is 2. The van der Waals surface area contributed by atoms with Gasteiger partial charge in [0, 0.05) is 19.6 Å². The largest absolute Gasteiger partial charge is 0.481 e. The minimum absolute atomic E-state index is 0.00138. The molecule has 0 aromatic heterocycles. The smallest absolute Gasteiger partial charge is 0.303 e. The maximum absolute atomic E-state index is 11.3. The van der Waals surface area contributed by atoms with Gasteiger partial charge in [0.15, 0.2) is 8.32 Å². The highest BCUT2D eigenvalue weighted by Crippen LogP contribution is 2.01. The summed E-state index contributed by atoms with van der Waals surface area (Å²) in [5, 5.41) is 11.1. The maximum atomic E-state index is 11.3. The van der Waals surface area contributed by atoms with Crippen LogP contribution >= 0.6 is 0 Å². The third-order valence-electron chi connectivity index (χ3n) is 3.60. The zero-order valence-corrected chi connectivity index (χ0v) is 20.3. The first-order valence-electron chi connectivity index (χ1n) is 10.8. The van der Waals surface area contributed by atoms with Gasteiger partial charge in [-0.25, -0.2) is 0 Å². The lowest BCUT2D eigenvalue weighted by Gasteiger charge is -2.16. The van der Waals surface area contributed by atoms with E-state index in [0.29, 0.717) is 85.6 Å². The SMILES string of the molecule is C[Si](C)(C)OCCOCCOCCOCCOCCOCCCNC(=O)CCC(=O)O. The lowest BCUT2D eigenvalue weighted by molar-refractivity contribution is -0.138. The molecule has 0 heterocycles. The Hall–Kier alpha value is -1.08. The van der Waals surface area contributed by atoms with Gasteiger partial charge in [0.1, 0.15) is 0 Å². The molecule has 0 saturated carbocycles. The van der Waals surface area contributed by atoms with Crippen molar-refractivity contribution in [1.82, 2.24) is 5.32 Å². The van der Waals surface area contributed by atoms with Crippen LogP contribution in [0.25, 0.3) is 0 Å². The van der Waals surface area contributed by atoms with Crippen LogP contribution in [0.4, 0.5) is 0 Å². The summed E-state index contributed by atoms with van der Waals surface area (Å²) in [6.45, 7) is 12.7. The number of carbonyl (C=O) groups excluding carboxylic acids is 1. The van der Waals surface area contributed by atoms with Gasteiger partial charge in [-0.15, -0.1) is 0 Å². The summed E-state index contributed by atoms with van der Waals surface area (Å²) in [5.74, 6) is -1.23. The van der Waals surface area contributed by atoms with Crippen molar-refractivity contribution < 1.29 is 42.8 Å². The van der Waals surface area contributed by atoms with Gasteiger partial charge in [0.2, 0.25) is 5.91 Å². The number of hydrogen-bond acceptors (Lipinski definition) is 8. The van der Waals surface area contributed by atoms with Gasteiger partial charge in [-0.2, -0.15) is 0 Å². The molecule has 184 valence electrons. The monoisotopic (exact) mass is 467 g/mol. The molecular weight excluding hydrogens is 426 g/mol. The van der Waals surface area contributed by atoms with E-state index < -0.39 is 14.3 Å². The summed E-state index contributed by atoms with van der Waals surface area (Å²) in [6, 6.07) is 0. The topological polar surface area (TPSA) is 122 Å². The molecule has 0 aliphatic rings. The van der Waals surface area contributed by atoms with Crippen LogP contribution in [0.2, 0.25) is 19.6 Å². The fourth-order valence-electron chi connectivity index (χ4n) is 2.10. The number of nitrogens with one attached hydrogen (secondary N) is 1. The van der Waals surface area contributed by atoms with Crippen LogP contribution in [0.1, 0.15) is 19.3 Å². The van der Waals surface area contributed by atoms with E-state index in [1.54, 1.807) is 0 Å². The Bertz CT molecular complexity index is 447. The Morgan fingerprint density at radius 2 is 1.10 bits per heavy atom. The molecule has 10 nitrogen and oxygen atoms in total. The van der Waals surface area contributed by atoms with Crippen molar-refractivity contribution in [3.05, 3.63) is 0 Å². The van der Waals surface area contributed by atoms with Crippen molar-refractivity contribution >= 4 is 20.2 Å². The van der Waals surface area contributed by atoms with Gasteiger partial charge in [-0.1, -0.05) is 0 Å². The molecule has 0 spiro atoms. The van der Waals surface area contributed by atoms with Gasteiger partial charge in [-0.05, 0) is 26.1 Å². The van der Waals surface area contributed by atoms with Gasteiger partial charge in [0.05, 0.1) is 72.5 Å². The van der Waals surface area contributed by atoms with Gasteiger partial charge in [0.25, 0.3) is 0 Å². The Morgan fingerprint density at radius 1 is 0.677 bits per heavy atom. The fourth-order valence-corrected chi connectivity index (χ4v) is 2.80. The van der Waals surface area contributed by atoms with E-state index in [0.717, 1.165) is 0 Å². The molecule has 0 aliphatic heterocycles. The summed E-state index contributed by atoms with van der Waals surface area (Å²) in [6.07, 6.45) is 0.515. The quantitative estimate of drug-likeness (QED) is 0.169. The minimum atomic E-state index is -1.45. The lowest BCUT2D eigenvalue weighted by atomic mass is 10.3. The number of carboxylic acid groups (broad SMARTS) is 1. The average Bonchev–Trinajstić information content (AvgIpc) is 2.70. The van der Waals surface area contributed by atoms with E-state index in [-0.39, 0.29) is 18.7 Å². The van der Waals surface area contributed by atoms with Crippen LogP contribution in [0.5, 0.6) is 0 Å². The highest BCUT2D eigenvalue weighted by atomic mass is 28.4. The third kappa shape index (κ3) is 26.9. The standard InChI is InChI=1S/C20H41NO9Si/c1-31(2,3)30-18-17-29-16-15-28-14-13-27-12-11-26-10-9-25-8-4-7-21-19(22)5-6-20(23)24/h4-18H2,1-3H3,(H,21,22)(H,23,24). The molecule has 31 heavy (non-hydrogen) atoms. The molecule has 0 aromatic carbocycles. The highest BCUT2D eigenvalue weighted by Gasteiger charge is 2.13. The second-order valence-corrected chi connectivity index (χ2v) is 12.1. The van der Waals surface area contributed by atoms with Gasteiger partial charge < -0.3 is 38.5 Å². The van der Waals surface area contributed by atoms with E-state index in [1.807, 2.05) is 0 Å². The minimum Gasteiger partial charge on any atom is -0.481 e. The first kappa shape index (κ1) is 29.9. The van der Waals surface area contributed by atoms with E-state index in [9.17, 15) is 9.59 Å². The second-order valence-electron chi connectivity index (χ2n) is 7.62. The van der Waals surface area contributed by atoms with Crippen LogP contribution < -0.4 is 5.32 Å². The van der Waals surface area contributed by atoms with Crippen molar-refractivity contribution in [1.29, 1.82) is 0 Å². The molecule has 0 rings (SSSR count). The number of rotatable bonds is 23. The summed E-state index contributed by atoms with van der Waals surface area (Å²) in [5.41, 5.74) is 0. The fraction of sp³-hybridized carbons (Fsp3) is 0.900. The number of carbonyl (C=O) groups is 2. The third-order valence-corrected chi connectivity index (χ3v) is 4.67. The Labute approximate surface area is 187 Å². The van der Waals surface area contributed by atoms with E-state index >= 15 is 0 Å². The van der Waals surface area contributed by atoms with Crippen molar-refractivity contribution in [3.63, 3.8) is 0 Å². The second kappa shape index (κ2) is 20.8. The van der Waals surface area contributed by atoms with Crippen molar-refractivity contribution in [3.8, 4) is 0 Å². The molecule has 0 bridgehead atoms. The predicted octanol–water partition coefficient (Wildman–Crippen LogP) is 1.29. The number of amides is 1. The van der Waals surface area contributed by atoms with Crippen LogP contribution in [0.3, 0.4) is 0 Å². The van der Waals surface area contributed by atoms with Gasteiger partial charge >= 0.3 is 5.97 Å². The molecule has 0 fully saturated rings. The summed E-state index contributed by atoms with van der Waals surface area (Å²) in [7, 11) is -1.45. The molecule has 0 aromatic rings. The lowest BCUT2D eigenvalue weighted by Crippen LogP contribution is -2.27. The molecule has 0 unspecified atom stereocenters. The maximum Gasteiger partial charge on any atom is 0.303 e. The van der Waals surface area contributed by atoms with E-state index in [4.69, 9.17) is 33.2 Å². The van der Waals surface area contributed by atoms with Crippen LogP contribution in [0.15, 0.2) is 0 Å². The van der Waals surface area contributed by atoms with Crippen molar-refractivity contribution in [2.45, 2.75) is 38.9 Å². The number of carboxylic acids is 1. The zero-order valence-electron chi connectivity index (χ0n) is 19.3. The molecule has 11 heteroatoms. The Kier molecular flexibility index (Phi) is 20.1. The molecule has 0 radical (unpaired) electrons. The first-order valence-corrected chi connectivity index (χ1v) is 14.2. The Balaban J connectivity index is 3.12. The summed E-state index contributed by atoms with van der Waals surface area (Å²) in [4.78, 5) is 21.6. The average molecular weight is 468 g/mol. The summed E-state index contributed by atoms with van der Waals surface area (Å²) >= 11 is 0. The Morgan fingerprint density at radius 3 is 1.52 bits per heavy atom. The molecule has 0 atom stereocenters. The van der Waals surface area contributed by atoms with Crippen LogP contribution in [-0.2, 0) is 37.7 Å². The predicted molar refractivity (Wildman–Crippen MR) is 118 cm³/mol.